The monoisotopic (exact) mass is 388 g/mol. The van der Waals surface area contributed by atoms with Crippen molar-refractivity contribution in [3.63, 3.8) is 0 Å². The van der Waals surface area contributed by atoms with Gasteiger partial charge in [-0.15, -0.1) is 0 Å². The molecule has 5 nitrogen and oxygen atoms in total. The summed E-state index contributed by atoms with van der Waals surface area (Å²) in [6.07, 6.45) is 1.78. The molecule has 2 rings (SSSR count). The molecule has 0 bridgehead atoms. The van der Waals surface area contributed by atoms with Gasteiger partial charge in [0.05, 0.1) is 4.90 Å². The van der Waals surface area contributed by atoms with Crippen LogP contribution in [0.25, 0.3) is 0 Å². The SMILES string of the molecule is CCN(CC)S(=O)(=O)c1ccc(CCC(=O)NCCc2ccccc2)cc1. The third kappa shape index (κ3) is 6.19. The van der Waals surface area contributed by atoms with Gasteiger partial charge in [-0.05, 0) is 36.1 Å². The van der Waals surface area contributed by atoms with Crippen LogP contribution in [0.4, 0.5) is 0 Å². The molecule has 0 atom stereocenters. The molecule has 146 valence electrons. The van der Waals surface area contributed by atoms with E-state index in [1.165, 1.54) is 9.87 Å². The van der Waals surface area contributed by atoms with Crippen LogP contribution in [-0.2, 0) is 27.7 Å². The fraction of sp³-hybridized carbons (Fsp3) is 0.381. The second-order valence-electron chi connectivity index (χ2n) is 6.32. The zero-order valence-corrected chi connectivity index (χ0v) is 16.8. The lowest BCUT2D eigenvalue weighted by atomic mass is 10.1. The summed E-state index contributed by atoms with van der Waals surface area (Å²) < 4.78 is 26.4. The van der Waals surface area contributed by atoms with Crippen molar-refractivity contribution in [2.24, 2.45) is 0 Å². The van der Waals surface area contributed by atoms with E-state index in [1.54, 1.807) is 24.3 Å². The Balaban J connectivity index is 1.81. The molecule has 0 unspecified atom stereocenters. The number of hydrogen-bond donors (Lipinski definition) is 1. The van der Waals surface area contributed by atoms with Gasteiger partial charge in [-0.25, -0.2) is 8.42 Å². The summed E-state index contributed by atoms with van der Waals surface area (Å²) in [6, 6.07) is 16.8. The van der Waals surface area contributed by atoms with E-state index in [0.717, 1.165) is 12.0 Å². The Morgan fingerprint density at radius 2 is 1.48 bits per heavy atom. The van der Waals surface area contributed by atoms with Crippen molar-refractivity contribution in [3.8, 4) is 0 Å². The van der Waals surface area contributed by atoms with Crippen LogP contribution < -0.4 is 5.32 Å². The molecule has 1 amide bonds. The molecule has 6 heteroatoms. The lowest BCUT2D eigenvalue weighted by molar-refractivity contribution is -0.121. The van der Waals surface area contributed by atoms with Gasteiger partial charge in [-0.2, -0.15) is 4.31 Å². The predicted octanol–water partition coefficient (Wildman–Crippen LogP) is 3.01. The van der Waals surface area contributed by atoms with E-state index in [4.69, 9.17) is 0 Å². The van der Waals surface area contributed by atoms with E-state index in [1.807, 2.05) is 44.2 Å². The van der Waals surface area contributed by atoms with E-state index in [-0.39, 0.29) is 5.91 Å². The summed E-state index contributed by atoms with van der Waals surface area (Å²) in [4.78, 5) is 12.3. The fourth-order valence-electron chi connectivity index (χ4n) is 2.88. The predicted molar refractivity (Wildman–Crippen MR) is 108 cm³/mol. The van der Waals surface area contributed by atoms with Crippen LogP contribution in [0, 0.1) is 0 Å². The first-order valence-corrected chi connectivity index (χ1v) is 10.8. The highest BCUT2D eigenvalue weighted by Gasteiger charge is 2.21. The minimum absolute atomic E-state index is 0.00534. The summed E-state index contributed by atoms with van der Waals surface area (Å²) >= 11 is 0. The van der Waals surface area contributed by atoms with E-state index in [9.17, 15) is 13.2 Å². The molecule has 27 heavy (non-hydrogen) atoms. The highest BCUT2D eigenvalue weighted by molar-refractivity contribution is 7.89. The van der Waals surface area contributed by atoms with Gasteiger partial charge in [-0.1, -0.05) is 56.3 Å². The number of benzene rings is 2. The van der Waals surface area contributed by atoms with Gasteiger partial charge in [0.25, 0.3) is 0 Å². The van der Waals surface area contributed by atoms with Gasteiger partial charge in [0.1, 0.15) is 0 Å². The maximum atomic E-state index is 12.5. The molecule has 0 saturated heterocycles. The molecule has 0 radical (unpaired) electrons. The standard InChI is InChI=1S/C21H28N2O3S/c1-3-23(4-2)27(25,26)20-13-10-19(11-14-20)12-15-21(24)22-17-16-18-8-6-5-7-9-18/h5-11,13-14H,3-4,12,15-17H2,1-2H3,(H,22,24). The molecule has 0 aliphatic heterocycles. The number of aryl methyl sites for hydroxylation is 1. The quantitative estimate of drug-likeness (QED) is 0.680. The van der Waals surface area contributed by atoms with Crippen LogP contribution in [0.5, 0.6) is 0 Å². The molecule has 0 aliphatic carbocycles. The zero-order valence-electron chi connectivity index (χ0n) is 16.0. The number of nitrogens with zero attached hydrogens (tertiary/aromatic N) is 1. The summed E-state index contributed by atoms with van der Waals surface area (Å²) in [7, 11) is -3.43. The summed E-state index contributed by atoms with van der Waals surface area (Å²) in [5.41, 5.74) is 2.15. The second-order valence-corrected chi connectivity index (χ2v) is 8.26. The minimum Gasteiger partial charge on any atom is -0.356 e. The highest BCUT2D eigenvalue weighted by atomic mass is 32.2. The molecule has 0 heterocycles. The van der Waals surface area contributed by atoms with Crippen molar-refractivity contribution in [1.29, 1.82) is 0 Å². The van der Waals surface area contributed by atoms with Crippen LogP contribution in [0.1, 0.15) is 31.4 Å². The van der Waals surface area contributed by atoms with Gasteiger partial charge in [0.15, 0.2) is 0 Å². The molecular formula is C21H28N2O3S. The number of amides is 1. The van der Waals surface area contributed by atoms with Crippen molar-refractivity contribution >= 4 is 15.9 Å². The summed E-state index contributed by atoms with van der Waals surface area (Å²) in [5.74, 6) is 0.00534. The van der Waals surface area contributed by atoms with Gasteiger partial charge < -0.3 is 5.32 Å². The number of rotatable bonds is 10. The van der Waals surface area contributed by atoms with Crippen molar-refractivity contribution in [3.05, 3.63) is 65.7 Å². The van der Waals surface area contributed by atoms with E-state index in [0.29, 0.717) is 37.4 Å². The number of hydrogen-bond acceptors (Lipinski definition) is 3. The third-order valence-electron chi connectivity index (χ3n) is 4.49. The lowest BCUT2D eigenvalue weighted by Gasteiger charge is -2.18. The molecule has 1 N–H and O–H groups in total. The van der Waals surface area contributed by atoms with E-state index in [2.05, 4.69) is 5.32 Å². The average Bonchev–Trinajstić information content (AvgIpc) is 2.68. The maximum Gasteiger partial charge on any atom is 0.243 e. The Morgan fingerprint density at radius 3 is 2.07 bits per heavy atom. The van der Waals surface area contributed by atoms with Gasteiger partial charge in [-0.3, -0.25) is 4.79 Å². The Bertz CT molecular complexity index is 814. The van der Waals surface area contributed by atoms with Gasteiger partial charge in [0, 0.05) is 26.1 Å². The fourth-order valence-corrected chi connectivity index (χ4v) is 4.34. The van der Waals surface area contributed by atoms with Crippen molar-refractivity contribution in [2.45, 2.75) is 38.0 Å². The summed E-state index contributed by atoms with van der Waals surface area (Å²) in [5, 5.41) is 2.93. The Kier molecular flexibility index (Phi) is 8.00. The Hall–Kier alpha value is -2.18. The van der Waals surface area contributed by atoms with Gasteiger partial charge >= 0.3 is 0 Å². The van der Waals surface area contributed by atoms with Gasteiger partial charge in [0.2, 0.25) is 15.9 Å². The van der Waals surface area contributed by atoms with Crippen molar-refractivity contribution in [1.82, 2.24) is 9.62 Å². The van der Waals surface area contributed by atoms with Crippen LogP contribution in [-0.4, -0.2) is 38.3 Å². The first-order valence-electron chi connectivity index (χ1n) is 9.37. The molecule has 0 saturated carbocycles. The number of carbonyl (C=O) groups is 1. The second kappa shape index (κ2) is 10.2. The first-order chi connectivity index (χ1) is 13.0. The van der Waals surface area contributed by atoms with E-state index >= 15 is 0 Å². The van der Waals surface area contributed by atoms with Crippen molar-refractivity contribution in [2.75, 3.05) is 19.6 Å². The molecular weight excluding hydrogens is 360 g/mol. The summed E-state index contributed by atoms with van der Waals surface area (Å²) in [6.45, 7) is 5.16. The molecule has 2 aromatic carbocycles. The van der Waals surface area contributed by atoms with Crippen LogP contribution in [0.15, 0.2) is 59.5 Å². The molecule has 0 spiro atoms. The molecule has 2 aromatic rings. The number of sulfonamides is 1. The first kappa shape index (κ1) is 21.1. The van der Waals surface area contributed by atoms with Crippen molar-refractivity contribution < 1.29 is 13.2 Å². The maximum absolute atomic E-state index is 12.5. The van der Waals surface area contributed by atoms with Crippen LogP contribution in [0.3, 0.4) is 0 Å². The number of nitrogens with one attached hydrogen (secondary N) is 1. The van der Waals surface area contributed by atoms with E-state index < -0.39 is 10.0 Å². The minimum atomic E-state index is -3.43. The molecule has 0 aliphatic rings. The average molecular weight is 389 g/mol. The Labute approximate surface area is 162 Å². The third-order valence-corrected chi connectivity index (χ3v) is 6.55. The lowest BCUT2D eigenvalue weighted by Crippen LogP contribution is -2.30. The topological polar surface area (TPSA) is 66.5 Å². The van der Waals surface area contributed by atoms with Crippen LogP contribution >= 0.6 is 0 Å². The Morgan fingerprint density at radius 1 is 0.889 bits per heavy atom. The molecule has 0 aromatic heterocycles. The van der Waals surface area contributed by atoms with Crippen LogP contribution in [0.2, 0.25) is 0 Å². The largest absolute Gasteiger partial charge is 0.356 e. The smallest absolute Gasteiger partial charge is 0.243 e. The normalized spacial score (nSPS) is 11.5. The zero-order chi connectivity index (χ0) is 19.7. The highest BCUT2D eigenvalue weighted by Crippen LogP contribution is 2.16. The number of carbonyl (C=O) groups excluding carboxylic acids is 1. The molecule has 0 fully saturated rings.